The first-order valence-electron chi connectivity index (χ1n) is 8.85. The van der Waals surface area contributed by atoms with Gasteiger partial charge in [-0.25, -0.2) is 0 Å². The Morgan fingerprint density at radius 1 is 1.12 bits per heavy atom. The Hall–Kier alpha value is -1.69. The molecule has 3 rings (SSSR count). The average molecular weight is 344 g/mol. The molecule has 5 heteroatoms. The van der Waals surface area contributed by atoms with E-state index in [-0.39, 0.29) is 11.5 Å². The van der Waals surface area contributed by atoms with Crippen LogP contribution in [0.3, 0.4) is 0 Å². The number of nitrogens with zero attached hydrogens (tertiary/aromatic N) is 2. The Balaban J connectivity index is 2.13. The van der Waals surface area contributed by atoms with Gasteiger partial charge in [0.05, 0.1) is 24.8 Å². The highest BCUT2D eigenvalue weighted by molar-refractivity contribution is 6.24. The number of aliphatic hydroxyl groups excluding tert-OH is 1. The molecule has 1 fully saturated rings. The summed E-state index contributed by atoms with van der Waals surface area (Å²) in [6.45, 7) is 7.88. The molecular weight excluding hydrogens is 316 g/mol. The van der Waals surface area contributed by atoms with Crippen molar-refractivity contribution in [3.8, 4) is 0 Å². The van der Waals surface area contributed by atoms with Gasteiger partial charge < -0.3 is 9.94 Å². The summed E-state index contributed by atoms with van der Waals surface area (Å²) in [7, 11) is 3.61. The maximum atomic E-state index is 12.9. The van der Waals surface area contributed by atoms with E-state index in [4.69, 9.17) is 4.84 Å². The fraction of sp³-hybridized carbons (Fsp3) is 0.550. The third kappa shape index (κ3) is 2.90. The molecule has 1 aromatic rings. The quantitative estimate of drug-likeness (QED) is 0.894. The molecule has 25 heavy (non-hydrogen) atoms. The molecular formula is C20H28N2O3. The maximum absolute atomic E-state index is 12.9. The van der Waals surface area contributed by atoms with Gasteiger partial charge in [-0.1, -0.05) is 17.7 Å². The molecule has 1 aromatic carbocycles. The molecule has 0 saturated carbocycles. The van der Waals surface area contributed by atoms with Crippen LogP contribution in [0.15, 0.2) is 17.9 Å². The summed E-state index contributed by atoms with van der Waals surface area (Å²) in [4.78, 5) is 20.2. The zero-order valence-corrected chi connectivity index (χ0v) is 15.8. The summed E-state index contributed by atoms with van der Waals surface area (Å²) < 4.78 is 0. The molecule has 1 saturated heterocycles. The number of likely N-dealkylation sites (N-methyl/N-ethyl adjacent to an activating group) is 1. The van der Waals surface area contributed by atoms with Crippen molar-refractivity contribution in [3.63, 3.8) is 0 Å². The first-order valence-corrected chi connectivity index (χ1v) is 8.85. The third-order valence-corrected chi connectivity index (χ3v) is 5.80. The van der Waals surface area contributed by atoms with Gasteiger partial charge in [-0.15, -0.1) is 0 Å². The van der Waals surface area contributed by atoms with E-state index in [1.165, 1.54) is 5.56 Å². The molecule has 0 unspecified atom stereocenters. The van der Waals surface area contributed by atoms with Gasteiger partial charge in [0.2, 0.25) is 0 Å². The second-order valence-electron chi connectivity index (χ2n) is 7.42. The van der Waals surface area contributed by atoms with Crippen molar-refractivity contribution in [1.82, 2.24) is 9.96 Å². The molecule has 5 nitrogen and oxygen atoms in total. The Labute approximate surface area is 149 Å². The zero-order chi connectivity index (χ0) is 18.4. The Bertz CT molecular complexity index is 707. The first-order chi connectivity index (χ1) is 11.8. The van der Waals surface area contributed by atoms with Gasteiger partial charge in [-0.2, -0.15) is 5.06 Å². The van der Waals surface area contributed by atoms with Gasteiger partial charge in [0, 0.05) is 13.1 Å². The van der Waals surface area contributed by atoms with Crippen LogP contribution in [-0.4, -0.2) is 60.2 Å². The van der Waals surface area contributed by atoms with Gasteiger partial charge in [0.25, 0.3) is 0 Å². The molecule has 2 heterocycles. The normalized spacial score (nSPS) is 22.0. The Kier molecular flexibility index (Phi) is 4.75. The first kappa shape index (κ1) is 18.1. The summed E-state index contributed by atoms with van der Waals surface area (Å²) in [6, 6.07) is 4.16. The lowest BCUT2D eigenvalue weighted by atomic mass is 9.76. The number of carbonyl (C=O) groups is 1. The number of hydrogen-bond donors (Lipinski definition) is 1. The molecule has 0 radical (unpaired) electrons. The van der Waals surface area contributed by atoms with E-state index in [9.17, 15) is 9.90 Å². The van der Waals surface area contributed by atoms with Gasteiger partial charge in [-0.3, -0.25) is 9.69 Å². The highest BCUT2D eigenvalue weighted by Crippen LogP contribution is 2.42. The van der Waals surface area contributed by atoms with E-state index in [0.717, 1.165) is 42.6 Å². The van der Waals surface area contributed by atoms with Crippen LogP contribution < -0.4 is 0 Å². The Morgan fingerprint density at radius 2 is 1.68 bits per heavy atom. The number of hydroxylamine groups is 2. The smallest absolute Gasteiger partial charge is 0.180 e. The number of rotatable bonds is 2. The lowest BCUT2D eigenvalue weighted by Crippen LogP contribution is -2.59. The maximum Gasteiger partial charge on any atom is 0.180 e. The predicted molar refractivity (Wildman–Crippen MR) is 98.4 cm³/mol. The van der Waals surface area contributed by atoms with Crippen LogP contribution in [0.1, 0.15) is 35.1 Å². The minimum absolute atomic E-state index is 0.00477. The zero-order valence-electron chi connectivity index (χ0n) is 15.8. The number of piperidine rings is 1. The van der Waals surface area contributed by atoms with Crippen molar-refractivity contribution in [3.05, 3.63) is 40.1 Å². The molecule has 136 valence electrons. The van der Waals surface area contributed by atoms with Crippen LogP contribution in [0.4, 0.5) is 0 Å². The number of aryl methyl sites for hydroxylation is 3. The fourth-order valence-corrected chi connectivity index (χ4v) is 4.48. The lowest BCUT2D eigenvalue weighted by Gasteiger charge is -2.49. The third-order valence-electron chi connectivity index (χ3n) is 5.80. The van der Waals surface area contributed by atoms with Gasteiger partial charge in [-0.05, 0) is 57.4 Å². The highest BCUT2D eigenvalue weighted by Gasteiger charge is 2.48. The van der Waals surface area contributed by atoms with Crippen LogP contribution >= 0.6 is 0 Å². The van der Waals surface area contributed by atoms with Crippen molar-refractivity contribution in [2.24, 2.45) is 0 Å². The molecule has 0 atom stereocenters. The number of Topliss-reactive ketones (excluding diaryl/α,β-unsaturated/α-hetero) is 1. The van der Waals surface area contributed by atoms with Crippen molar-refractivity contribution >= 4 is 11.4 Å². The molecule has 1 N–H and O–H groups in total. The van der Waals surface area contributed by atoms with Crippen molar-refractivity contribution in [2.75, 3.05) is 33.8 Å². The highest BCUT2D eigenvalue weighted by atomic mass is 16.7. The van der Waals surface area contributed by atoms with Gasteiger partial charge >= 0.3 is 0 Å². The molecule has 1 spiro atoms. The van der Waals surface area contributed by atoms with Gasteiger partial charge in [0.1, 0.15) is 5.76 Å². The summed E-state index contributed by atoms with van der Waals surface area (Å²) in [5.41, 5.74) is 4.18. The monoisotopic (exact) mass is 344 g/mol. The molecule has 0 aromatic heterocycles. The standard InChI is InChI=1S/C20H28N2O3/c1-13-10-14(2)17(15(3)11-13)18-16(23)12-21(4)20(19(18)24)6-8-22(25-5)9-7-20/h10-11,24H,6-9,12H2,1-5H3. The number of hydrogen-bond acceptors (Lipinski definition) is 5. The SMILES string of the molecule is CON1CCC2(CC1)C(O)=C(c1c(C)cc(C)cc1C)C(=O)CN2C. The second-order valence-corrected chi connectivity index (χ2v) is 7.42. The van der Waals surface area contributed by atoms with Crippen LogP contribution in [0.25, 0.3) is 5.57 Å². The number of carbonyl (C=O) groups excluding carboxylic acids is 1. The molecule has 0 amide bonds. The molecule has 0 aliphatic carbocycles. The fourth-order valence-electron chi connectivity index (χ4n) is 4.48. The van der Waals surface area contributed by atoms with E-state index in [2.05, 4.69) is 19.1 Å². The van der Waals surface area contributed by atoms with E-state index in [1.807, 2.05) is 30.9 Å². The van der Waals surface area contributed by atoms with E-state index in [1.54, 1.807) is 7.11 Å². The molecule has 2 aliphatic rings. The Morgan fingerprint density at radius 3 is 2.20 bits per heavy atom. The predicted octanol–water partition coefficient (Wildman–Crippen LogP) is 2.79. The second kappa shape index (κ2) is 6.56. The van der Waals surface area contributed by atoms with Crippen molar-refractivity contribution < 1.29 is 14.7 Å². The van der Waals surface area contributed by atoms with Crippen molar-refractivity contribution in [1.29, 1.82) is 0 Å². The number of aliphatic hydroxyl groups is 1. The summed E-state index contributed by atoms with van der Waals surface area (Å²) in [5, 5.41) is 13.2. The topological polar surface area (TPSA) is 53.0 Å². The van der Waals surface area contributed by atoms with Crippen LogP contribution in [0.5, 0.6) is 0 Å². The minimum atomic E-state index is -0.484. The molecule has 2 aliphatic heterocycles. The van der Waals surface area contributed by atoms with E-state index >= 15 is 0 Å². The average Bonchev–Trinajstić information content (AvgIpc) is 2.56. The summed E-state index contributed by atoms with van der Waals surface area (Å²) >= 11 is 0. The largest absolute Gasteiger partial charge is 0.510 e. The van der Waals surface area contributed by atoms with E-state index in [0.29, 0.717) is 12.1 Å². The van der Waals surface area contributed by atoms with Crippen LogP contribution in [-0.2, 0) is 9.63 Å². The van der Waals surface area contributed by atoms with Crippen LogP contribution in [0.2, 0.25) is 0 Å². The summed E-state index contributed by atoms with van der Waals surface area (Å²) in [6.07, 6.45) is 1.48. The number of ketones is 1. The van der Waals surface area contributed by atoms with Crippen molar-refractivity contribution in [2.45, 2.75) is 39.2 Å². The number of benzene rings is 1. The lowest BCUT2D eigenvalue weighted by molar-refractivity contribution is -0.162. The van der Waals surface area contributed by atoms with E-state index < -0.39 is 5.54 Å². The van der Waals surface area contributed by atoms with Gasteiger partial charge in [0.15, 0.2) is 5.78 Å². The summed E-state index contributed by atoms with van der Waals surface area (Å²) in [5.74, 6) is 0.229. The molecule has 0 bridgehead atoms. The van der Waals surface area contributed by atoms with Crippen LogP contribution in [0, 0.1) is 20.8 Å². The minimum Gasteiger partial charge on any atom is -0.510 e.